The molecule has 17 heavy (non-hydrogen) atoms. The third-order valence-corrected chi connectivity index (χ3v) is 2.21. The summed E-state index contributed by atoms with van der Waals surface area (Å²) in [7, 11) is 0. The molecule has 0 aromatic heterocycles. The minimum atomic E-state index is -5.32. The first-order valence-corrected chi connectivity index (χ1v) is 4.30. The second kappa shape index (κ2) is 6.15. The molecule has 0 spiro atoms. The Labute approximate surface area is 138 Å². The Morgan fingerprint density at radius 2 is 1.88 bits per heavy atom. The van der Waals surface area contributed by atoms with Gasteiger partial charge in [0.2, 0.25) is 0 Å². The molecule has 0 atom stereocenters. The van der Waals surface area contributed by atoms with Crippen LogP contribution >= 0.6 is 0 Å². The van der Waals surface area contributed by atoms with Gasteiger partial charge < -0.3 is 18.1 Å². The number of benzene rings is 1. The molecule has 0 amide bonds. The number of carbonyl (C=O) groups excluding carboxylic acids is 1. The molecule has 0 radical (unpaired) electrons. The van der Waals surface area contributed by atoms with Crippen molar-refractivity contribution in [3.8, 4) is 0 Å². The van der Waals surface area contributed by atoms with E-state index in [9.17, 15) is 22.5 Å². The smallest absolute Gasteiger partial charge is 0.478 e. The molecular weight excluding hydrogens is 263 g/mol. The van der Waals surface area contributed by atoms with Gasteiger partial charge in [-0.2, -0.15) is 0 Å². The molecular formula is C9H7BF3KO3. The predicted molar refractivity (Wildman–Crippen MR) is 52.2 cm³/mol. The summed E-state index contributed by atoms with van der Waals surface area (Å²) in [6.07, 6.45) is 0.215. The third kappa shape index (κ3) is 3.92. The van der Waals surface area contributed by atoms with E-state index in [1.54, 1.807) is 0 Å². The Balaban J connectivity index is 0.00000256. The van der Waals surface area contributed by atoms with Crippen LogP contribution in [0.3, 0.4) is 0 Å². The molecule has 0 aliphatic heterocycles. The minimum absolute atomic E-state index is 0. The van der Waals surface area contributed by atoms with E-state index in [0.29, 0.717) is 12.1 Å². The number of hydrogen-bond acceptors (Lipinski definition) is 2. The topological polar surface area (TPSA) is 54.4 Å². The molecule has 1 rings (SSSR count). The molecule has 86 valence electrons. The van der Waals surface area contributed by atoms with Crippen molar-refractivity contribution < 1.29 is 79.0 Å². The first-order chi connectivity index (χ1) is 7.27. The molecule has 1 N–H and O–H groups in total. The Kier molecular flexibility index (Phi) is 6.09. The Bertz CT molecular complexity index is 460. The Morgan fingerprint density at radius 3 is 2.24 bits per heavy atom. The average Bonchev–Trinajstić information content (AvgIpc) is 2.15. The maximum Gasteiger partial charge on any atom is 1.00 e. The second-order valence-electron chi connectivity index (χ2n) is 3.28. The monoisotopic (exact) mass is 270 g/mol. The van der Waals surface area contributed by atoms with E-state index in [1.807, 2.05) is 0 Å². The fourth-order valence-corrected chi connectivity index (χ4v) is 1.29. The van der Waals surface area contributed by atoms with Crippen LogP contribution in [-0.2, 0) is 0 Å². The Hall–Kier alpha value is -0.149. The number of carboxylic acids is 1. The van der Waals surface area contributed by atoms with Gasteiger partial charge in [-0.25, -0.2) is 4.79 Å². The molecule has 1 aromatic rings. The molecule has 0 saturated carbocycles. The van der Waals surface area contributed by atoms with E-state index in [1.165, 1.54) is 6.92 Å². The molecule has 0 aliphatic carbocycles. The number of aldehydes is 1. The average molecular weight is 270 g/mol. The van der Waals surface area contributed by atoms with Gasteiger partial charge in [0.25, 0.3) is 0 Å². The summed E-state index contributed by atoms with van der Waals surface area (Å²) in [6.45, 7) is -4.02. The van der Waals surface area contributed by atoms with Crippen LogP contribution in [-0.4, -0.2) is 24.3 Å². The van der Waals surface area contributed by atoms with Gasteiger partial charge in [0, 0.05) is 5.56 Å². The largest absolute Gasteiger partial charge is 1.00 e. The van der Waals surface area contributed by atoms with Gasteiger partial charge in [-0.05, 0) is 12.5 Å². The molecule has 0 unspecified atom stereocenters. The normalized spacial score (nSPS) is 10.6. The maximum atomic E-state index is 12.4. The molecule has 0 aliphatic rings. The first kappa shape index (κ1) is 16.9. The van der Waals surface area contributed by atoms with Crippen LogP contribution in [0.4, 0.5) is 12.9 Å². The van der Waals surface area contributed by atoms with Crippen molar-refractivity contribution in [2.24, 2.45) is 0 Å². The van der Waals surface area contributed by atoms with E-state index in [2.05, 4.69) is 0 Å². The molecule has 1 aromatic carbocycles. The van der Waals surface area contributed by atoms with Crippen molar-refractivity contribution in [2.45, 2.75) is 6.92 Å². The van der Waals surface area contributed by atoms with Crippen LogP contribution in [0.15, 0.2) is 12.1 Å². The van der Waals surface area contributed by atoms with Gasteiger partial charge >= 0.3 is 64.3 Å². The summed E-state index contributed by atoms with van der Waals surface area (Å²) in [4.78, 5) is 21.2. The SMILES string of the molecule is Cc1c(C=O)cc([B-](F)(F)F)cc1C(=O)O.[K+]. The van der Waals surface area contributed by atoms with Crippen molar-refractivity contribution >= 4 is 24.7 Å². The van der Waals surface area contributed by atoms with Crippen molar-refractivity contribution in [1.29, 1.82) is 0 Å². The van der Waals surface area contributed by atoms with Crippen molar-refractivity contribution in [3.05, 3.63) is 28.8 Å². The summed E-state index contributed by atoms with van der Waals surface area (Å²) < 4.78 is 37.3. The molecule has 3 nitrogen and oxygen atoms in total. The van der Waals surface area contributed by atoms with Gasteiger partial charge in [-0.15, -0.1) is 5.46 Å². The number of carboxylic acid groups (broad SMARTS) is 1. The van der Waals surface area contributed by atoms with E-state index in [-0.39, 0.29) is 68.8 Å². The number of carbonyl (C=O) groups is 2. The van der Waals surface area contributed by atoms with E-state index < -0.39 is 24.0 Å². The minimum Gasteiger partial charge on any atom is -0.478 e. The van der Waals surface area contributed by atoms with Crippen LogP contribution in [0.2, 0.25) is 0 Å². The van der Waals surface area contributed by atoms with Crippen LogP contribution in [0.1, 0.15) is 26.3 Å². The van der Waals surface area contributed by atoms with E-state index >= 15 is 0 Å². The molecule has 0 heterocycles. The fraction of sp³-hybridized carbons (Fsp3) is 0.111. The molecule has 0 fully saturated rings. The number of rotatable bonds is 3. The van der Waals surface area contributed by atoms with E-state index in [0.717, 1.165) is 0 Å². The van der Waals surface area contributed by atoms with Crippen LogP contribution in [0, 0.1) is 6.92 Å². The predicted octanol–water partition coefficient (Wildman–Crippen LogP) is -1.44. The standard InChI is InChI=1S/C9H7BF3O3.K/c1-5-6(4-14)2-7(10(11,12)13)3-8(5)9(15)16;/h2-4H,1H3,(H,15,16);/q-1;+1. The molecule has 0 saturated heterocycles. The summed E-state index contributed by atoms with van der Waals surface area (Å²) >= 11 is 0. The summed E-state index contributed by atoms with van der Waals surface area (Å²) in [6, 6.07) is 1.21. The summed E-state index contributed by atoms with van der Waals surface area (Å²) in [5, 5.41) is 8.70. The van der Waals surface area contributed by atoms with Crippen LogP contribution in [0.25, 0.3) is 0 Å². The molecule has 0 bridgehead atoms. The molecule has 8 heteroatoms. The van der Waals surface area contributed by atoms with Gasteiger partial charge in [0.05, 0.1) is 5.56 Å². The third-order valence-electron chi connectivity index (χ3n) is 2.21. The zero-order valence-electron chi connectivity index (χ0n) is 9.21. The fourth-order valence-electron chi connectivity index (χ4n) is 1.29. The maximum absolute atomic E-state index is 12.4. The summed E-state index contributed by atoms with van der Waals surface area (Å²) in [5.41, 5.74) is -1.80. The number of halogens is 3. The number of hydrogen-bond donors (Lipinski definition) is 1. The number of aromatic carboxylic acids is 1. The van der Waals surface area contributed by atoms with Crippen molar-refractivity contribution in [3.63, 3.8) is 0 Å². The summed E-state index contributed by atoms with van der Waals surface area (Å²) in [5.74, 6) is -1.48. The van der Waals surface area contributed by atoms with Gasteiger partial charge in [-0.3, -0.25) is 4.79 Å². The van der Waals surface area contributed by atoms with E-state index in [4.69, 9.17) is 5.11 Å². The van der Waals surface area contributed by atoms with Gasteiger partial charge in [0.1, 0.15) is 6.29 Å². The van der Waals surface area contributed by atoms with Crippen LogP contribution in [0.5, 0.6) is 0 Å². The second-order valence-corrected chi connectivity index (χ2v) is 3.28. The van der Waals surface area contributed by atoms with Gasteiger partial charge in [-0.1, -0.05) is 12.1 Å². The quantitative estimate of drug-likeness (QED) is 0.541. The zero-order chi connectivity index (χ0) is 12.5. The van der Waals surface area contributed by atoms with Crippen molar-refractivity contribution in [2.75, 3.05) is 0 Å². The zero-order valence-corrected chi connectivity index (χ0v) is 12.3. The van der Waals surface area contributed by atoms with Crippen molar-refractivity contribution in [1.82, 2.24) is 0 Å². The van der Waals surface area contributed by atoms with Gasteiger partial charge in [0.15, 0.2) is 0 Å². The first-order valence-electron chi connectivity index (χ1n) is 4.30. The van der Waals surface area contributed by atoms with Crippen LogP contribution < -0.4 is 56.8 Å². The Morgan fingerprint density at radius 1 is 1.35 bits per heavy atom.